The molecule has 2 rings (SSSR count). The number of rotatable bonds is 3. The molecule has 0 aliphatic heterocycles. The zero-order valence-corrected chi connectivity index (χ0v) is 13.1. The van der Waals surface area contributed by atoms with E-state index in [9.17, 15) is 14.4 Å². The number of halogens is 2. The van der Waals surface area contributed by atoms with Crippen molar-refractivity contribution in [2.45, 2.75) is 26.7 Å². The Morgan fingerprint density at radius 2 is 1.71 bits per heavy atom. The number of benzene rings is 1. The average Bonchev–Trinajstić information content (AvgIpc) is 2.66. The lowest BCUT2D eigenvalue weighted by atomic mass is 10.0. The first-order valence-electron chi connectivity index (χ1n) is 6.12. The van der Waals surface area contributed by atoms with Crippen LogP contribution in [0.5, 0.6) is 0 Å². The van der Waals surface area contributed by atoms with E-state index in [2.05, 4.69) is 41.4 Å². The summed E-state index contributed by atoms with van der Waals surface area (Å²) in [6, 6.07) is 6.27. The van der Waals surface area contributed by atoms with Crippen molar-refractivity contribution in [2.75, 3.05) is 0 Å². The van der Waals surface area contributed by atoms with Gasteiger partial charge in [-0.1, -0.05) is 29.3 Å². The normalized spacial score (nSPS) is 12.4. The number of carbonyl (C=O) groups is 3. The number of allylic oxidation sites excluding steroid dienone is 1. The van der Waals surface area contributed by atoms with Gasteiger partial charge in [0.1, 0.15) is 0 Å². The second-order valence-electron chi connectivity index (χ2n) is 4.71. The highest BCUT2D eigenvalue weighted by atomic mass is 35.5. The number of carboxylic acid groups (broad SMARTS) is 1. The van der Waals surface area contributed by atoms with E-state index in [0.717, 1.165) is 17.6 Å². The molecule has 21 heavy (non-hydrogen) atoms. The number of aryl methyl sites for hydroxylation is 1. The molecule has 6 heteroatoms. The minimum Gasteiger partial charge on any atom is -0.481 e. The van der Waals surface area contributed by atoms with Gasteiger partial charge in [0.25, 0.3) is 0 Å². The van der Waals surface area contributed by atoms with Gasteiger partial charge in [-0.15, -0.1) is 0 Å². The van der Waals surface area contributed by atoms with Gasteiger partial charge in [-0.3, -0.25) is 14.4 Å². The highest BCUT2D eigenvalue weighted by Crippen LogP contribution is 2.35. The fourth-order valence-corrected chi connectivity index (χ4v) is 2.14. The molecule has 1 N–H and O–H groups in total. The number of hydrogen-bond donors (Lipinski definition) is 1. The molecule has 0 aromatic heterocycles. The van der Waals surface area contributed by atoms with E-state index in [-0.39, 0.29) is 6.42 Å². The van der Waals surface area contributed by atoms with Gasteiger partial charge >= 0.3 is 16.5 Å². The summed E-state index contributed by atoms with van der Waals surface area (Å²) in [5.41, 5.74) is 5.77. The molecule has 1 aromatic rings. The molecule has 0 amide bonds. The SMILES string of the molecule is CC1=C(CC(=O)O)c2cc(C)ccc2C1.O=C(Cl)C(=O)Cl. The Hall–Kier alpha value is -1.65. The molecule has 4 nitrogen and oxygen atoms in total. The van der Waals surface area contributed by atoms with E-state index in [1.165, 1.54) is 16.7 Å². The largest absolute Gasteiger partial charge is 0.481 e. The zero-order chi connectivity index (χ0) is 16.2. The fourth-order valence-electron chi connectivity index (χ4n) is 2.14. The van der Waals surface area contributed by atoms with E-state index in [4.69, 9.17) is 5.11 Å². The molecular formula is C15H14Cl2O4. The molecular weight excluding hydrogens is 315 g/mol. The van der Waals surface area contributed by atoms with Crippen LogP contribution < -0.4 is 0 Å². The van der Waals surface area contributed by atoms with Crippen molar-refractivity contribution in [3.63, 3.8) is 0 Å². The third-order valence-electron chi connectivity index (χ3n) is 3.04. The van der Waals surface area contributed by atoms with Gasteiger partial charge in [0.2, 0.25) is 0 Å². The molecule has 1 aromatic carbocycles. The second kappa shape index (κ2) is 7.38. The Morgan fingerprint density at radius 1 is 1.14 bits per heavy atom. The van der Waals surface area contributed by atoms with E-state index >= 15 is 0 Å². The van der Waals surface area contributed by atoms with Crippen molar-refractivity contribution >= 4 is 45.2 Å². The third-order valence-corrected chi connectivity index (χ3v) is 3.48. The van der Waals surface area contributed by atoms with Crippen molar-refractivity contribution in [2.24, 2.45) is 0 Å². The van der Waals surface area contributed by atoms with Gasteiger partial charge in [0.05, 0.1) is 6.42 Å². The first-order valence-corrected chi connectivity index (χ1v) is 6.87. The Bertz CT molecular complexity index is 621. The van der Waals surface area contributed by atoms with Crippen LogP contribution >= 0.6 is 23.2 Å². The van der Waals surface area contributed by atoms with Crippen LogP contribution in [-0.2, 0) is 20.8 Å². The van der Waals surface area contributed by atoms with E-state index in [0.29, 0.717) is 0 Å². The van der Waals surface area contributed by atoms with Crippen LogP contribution in [0.2, 0.25) is 0 Å². The quantitative estimate of drug-likeness (QED) is 0.682. The zero-order valence-electron chi connectivity index (χ0n) is 11.6. The molecule has 0 radical (unpaired) electrons. The van der Waals surface area contributed by atoms with Gasteiger partial charge in [0.15, 0.2) is 0 Å². The summed E-state index contributed by atoms with van der Waals surface area (Å²) in [5.74, 6) is -0.751. The molecule has 0 bridgehead atoms. The molecule has 0 atom stereocenters. The van der Waals surface area contributed by atoms with Crippen LogP contribution in [-0.4, -0.2) is 21.6 Å². The lowest BCUT2D eigenvalue weighted by molar-refractivity contribution is -0.135. The summed E-state index contributed by atoms with van der Waals surface area (Å²) in [4.78, 5) is 29.6. The Kier molecular flexibility index (Phi) is 6.12. The summed E-state index contributed by atoms with van der Waals surface area (Å²) < 4.78 is 0. The Balaban J connectivity index is 0.000000315. The summed E-state index contributed by atoms with van der Waals surface area (Å²) in [6.45, 7) is 4.06. The van der Waals surface area contributed by atoms with Gasteiger partial charge < -0.3 is 5.11 Å². The van der Waals surface area contributed by atoms with Crippen LogP contribution in [0.1, 0.15) is 30.0 Å². The molecule has 0 heterocycles. The van der Waals surface area contributed by atoms with Crippen molar-refractivity contribution in [1.82, 2.24) is 0 Å². The van der Waals surface area contributed by atoms with E-state index in [1.807, 2.05) is 13.8 Å². The number of hydrogen-bond acceptors (Lipinski definition) is 3. The summed E-state index contributed by atoms with van der Waals surface area (Å²) >= 11 is 8.98. The predicted molar refractivity (Wildman–Crippen MR) is 81.4 cm³/mol. The van der Waals surface area contributed by atoms with Crippen LogP contribution in [0.25, 0.3) is 5.57 Å². The number of aliphatic carboxylic acids is 1. The second-order valence-corrected chi connectivity index (χ2v) is 5.40. The van der Waals surface area contributed by atoms with E-state index in [1.54, 1.807) is 0 Å². The molecule has 0 fully saturated rings. The minimum absolute atomic E-state index is 0.141. The van der Waals surface area contributed by atoms with Crippen molar-refractivity contribution in [1.29, 1.82) is 0 Å². The van der Waals surface area contributed by atoms with Crippen LogP contribution in [0.15, 0.2) is 23.8 Å². The Morgan fingerprint density at radius 3 is 2.19 bits per heavy atom. The van der Waals surface area contributed by atoms with Crippen LogP contribution in [0, 0.1) is 6.92 Å². The molecule has 0 unspecified atom stereocenters. The average molecular weight is 329 g/mol. The highest BCUT2D eigenvalue weighted by molar-refractivity contribution is 6.97. The van der Waals surface area contributed by atoms with E-state index < -0.39 is 16.5 Å². The molecule has 1 aliphatic carbocycles. The minimum atomic E-state index is -1.14. The molecule has 1 aliphatic rings. The monoisotopic (exact) mass is 328 g/mol. The maximum Gasteiger partial charge on any atom is 0.307 e. The van der Waals surface area contributed by atoms with Gasteiger partial charge in [-0.25, -0.2) is 0 Å². The van der Waals surface area contributed by atoms with Gasteiger partial charge in [0, 0.05) is 0 Å². The van der Waals surface area contributed by atoms with Crippen LogP contribution in [0.4, 0.5) is 0 Å². The lowest BCUT2D eigenvalue weighted by Crippen LogP contribution is -1.97. The van der Waals surface area contributed by atoms with Gasteiger partial charge in [-0.2, -0.15) is 0 Å². The van der Waals surface area contributed by atoms with Crippen molar-refractivity contribution in [3.05, 3.63) is 40.5 Å². The van der Waals surface area contributed by atoms with Crippen LogP contribution in [0.3, 0.4) is 0 Å². The maximum absolute atomic E-state index is 10.8. The predicted octanol–water partition coefficient (Wildman–Crippen LogP) is 3.32. The first-order chi connectivity index (χ1) is 9.72. The molecule has 0 spiro atoms. The number of carboxylic acids is 1. The summed E-state index contributed by atoms with van der Waals surface area (Å²) in [6.07, 6.45) is 1.04. The maximum atomic E-state index is 10.8. The third kappa shape index (κ3) is 4.99. The van der Waals surface area contributed by atoms with Crippen molar-refractivity contribution in [3.8, 4) is 0 Å². The molecule has 0 saturated heterocycles. The lowest BCUT2D eigenvalue weighted by Gasteiger charge is -2.04. The fraction of sp³-hybridized carbons (Fsp3) is 0.267. The molecule has 112 valence electrons. The summed E-state index contributed by atoms with van der Waals surface area (Å²) in [7, 11) is 0. The smallest absolute Gasteiger partial charge is 0.307 e. The first kappa shape index (κ1) is 17.4. The van der Waals surface area contributed by atoms with Crippen molar-refractivity contribution < 1.29 is 19.5 Å². The summed E-state index contributed by atoms with van der Waals surface area (Å²) in [5, 5.41) is 6.57. The highest BCUT2D eigenvalue weighted by Gasteiger charge is 2.20. The topological polar surface area (TPSA) is 71.4 Å². The standard InChI is InChI=1S/C13H14O2.C2Cl2O2/c1-8-3-4-10-6-9(2)11(7-13(14)15)12(10)5-8;3-1(5)2(4)6/h3-5H,6-7H2,1-2H3,(H,14,15);. The molecule has 0 saturated carbocycles. The number of carbonyl (C=O) groups excluding carboxylic acids is 2. The Labute approximate surface area is 132 Å². The van der Waals surface area contributed by atoms with Gasteiger partial charge in [-0.05, 0) is 60.2 Å². The number of fused-ring (bicyclic) bond motifs is 1.